The van der Waals surface area contributed by atoms with Gasteiger partial charge in [0.2, 0.25) is 10.0 Å². The van der Waals surface area contributed by atoms with E-state index in [4.69, 9.17) is 0 Å². The lowest BCUT2D eigenvalue weighted by Crippen LogP contribution is -2.33. The second-order valence-corrected chi connectivity index (χ2v) is 6.86. The Morgan fingerprint density at radius 3 is 2.26 bits per heavy atom. The third kappa shape index (κ3) is 4.30. The van der Waals surface area contributed by atoms with Crippen LogP contribution in [-0.4, -0.2) is 38.9 Å². The van der Waals surface area contributed by atoms with Gasteiger partial charge in [0.1, 0.15) is 0 Å². The summed E-state index contributed by atoms with van der Waals surface area (Å²) < 4.78 is 25.9. The fourth-order valence-corrected chi connectivity index (χ4v) is 3.05. The van der Waals surface area contributed by atoms with Crippen LogP contribution in [0.15, 0.2) is 29.2 Å². The molecule has 0 heterocycles. The van der Waals surface area contributed by atoms with Gasteiger partial charge in [-0.2, -0.15) is 4.31 Å². The molecule has 5 heteroatoms. The largest absolute Gasteiger partial charge is 0.317 e. The molecule has 0 aliphatic carbocycles. The Balaban J connectivity index is 2.81. The molecule has 0 bridgehead atoms. The van der Waals surface area contributed by atoms with Crippen LogP contribution < -0.4 is 5.32 Å². The molecule has 1 aromatic carbocycles. The summed E-state index contributed by atoms with van der Waals surface area (Å²) in [5, 5.41) is 3.25. The molecule has 0 fully saturated rings. The van der Waals surface area contributed by atoms with Crippen LogP contribution in [0.1, 0.15) is 26.3 Å². The van der Waals surface area contributed by atoms with Gasteiger partial charge in [-0.1, -0.05) is 19.1 Å². The average Bonchev–Trinajstić information content (AvgIpc) is 2.38. The molecule has 0 spiro atoms. The van der Waals surface area contributed by atoms with Crippen LogP contribution >= 0.6 is 0 Å². The molecule has 108 valence electrons. The number of likely N-dealkylation sites (N-methyl/N-ethyl adjacent to an activating group) is 1. The first-order valence-electron chi connectivity index (χ1n) is 6.67. The molecule has 0 atom stereocenters. The van der Waals surface area contributed by atoms with E-state index in [1.807, 2.05) is 26.0 Å². The standard InChI is InChI=1S/C14H24N2O2S/c1-5-15-11-10-13-6-8-14(9-7-13)19(17,18)16(4)12(2)3/h6-9,12,15H,5,10-11H2,1-4H3. The number of nitrogens with one attached hydrogen (secondary N) is 1. The molecule has 19 heavy (non-hydrogen) atoms. The Kier molecular flexibility index (Phi) is 5.97. The highest BCUT2D eigenvalue weighted by Crippen LogP contribution is 2.17. The van der Waals surface area contributed by atoms with Crippen LogP contribution in [0.25, 0.3) is 0 Å². The summed E-state index contributed by atoms with van der Waals surface area (Å²) in [5.74, 6) is 0. The van der Waals surface area contributed by atoms with Crippen LogP contribution in [-0.2, 0) is 16.4 Å². The van der Waals surface area contributed by atoms with E-state index < -0.39 is 10.0 Å². The summed E-state index contributed by atoms with van der Waals surface area (Å²) in [7, 11) is -1.75. The highest BCUT2D eigenvalue weighted by atomic mass is 32.2. The fourth-order valence-electron chi connectivity index (χ4n) is 1.68. The topological polar surface area (TPSA) is 49.4 Å². The van der Waals surface area contributed by atoms with Crippen molar-refractivity contribution < 1.29 is 8.42 Å². The van der Waals surface area contributed by atoms with Crippen molar-refractivity contribution in [2.75, 3.05) is 20.1 Å². The Morgan fingerprint density at radius 2 is 1.79 bits per heavy atom. The molecule has 0 radical (unpaired) electrons. The quantitative estimate of drug-likeness (QED) is 0.778. The first-order valence-corrected chi connectivity index (χ1v) is 8.11. The first-order chi connectivity index (χ1) is 8.89. The van der Waals surface area contributed by atoms with Crippen molar-refractivity contribution in [2.24, 2.45) is 0 Å². The Morgan fingerprint density at radius 1 is 1.21 bits per heavy atom. The SMILES string of the molecule is CCNCCc1ccc(S(=O)(=O)N(C)C(C)C)cc1. The van der Waals surface area contributed by atoms with Gasteiger partial charge in [-0.3, -0.25) is 0 Å². The number of sulfonamides is 1. The number of benzene rings is 1. The summed E-state index contributed by atoms with van der Waals surface area (Å²) in [6, 6.07) is 7.11. The minimum Gasteiger partial charge on any atom is -0.317 e. The van der Waals surface area contributed by atoms with E-state index in [1.165, 1.54) is 4.31 Å². The lowest BCUT2D eigenvalue weighted by molar-refractivity contribution is 0.410. The number of rotatable bonds is 7. The van der Waals surface area contributed by atoms with Crippen LogP contribution in [0.3, 0.4) is 0 Å². The number of hydrogen-bond donors (Lipinski definition) is 1. The molecular formula is C14H24N2O2S. The van der Waals surface area contributed by atoms with E-state index in [0.29, 0.717) is 4.90 Å². The van der Waals surface area contributed by atoms with E-state index >= 15 is 0 Å². The monoisotopic (exact) mass is 284 g/mol. The van der Waals surface area contributed by atoms with Crippen molar-refractivity contribution >= 4 is 10.0 Å². The van der Waals surface area contributed by atoms with Gasteiger partial charge >= 0.3 is 0 Å². The lowest BCUT2D eigenvalue weighted by atomic mass is 10.1. The van der Waals surface area contributed by atoms with Crippen molar-refractivity contribution in [3.8, 4) is 0 Å². The van der Waals surface area contributed by atoms with Gasteiger partial charge in [0.05, 0.1) is 4.90 Å². The fraction of sp³-hybridized carbons (Fsp3) is 0.571. The van der Waals surface area contributed by atoms with E-state index in [1.54, 1.807) is 19.2 Å². The summed E-state index contributed by atoms with van der Waals surface area (Å²) in [5.41, 5.74) is 1.15. The van der Waals surface area contributed by atoms with Crippen molar-refractivity contribution in [3.63, 3.8) is 0 Å². The molecule has 0 unspecified atom stereocenters. The molecule has 0 saturated carbocycles. The zero-order chi connectivity index (χ0) is 14.5. The Bertz CT molecular complexity index is 481. The minimum atomic E-state index is -3.36. The van der Waals surface area contributed by atoms with Crippen LogP contribution in [0.5, 0.6) is 0 Å². The zero-order valence-electron chi connectivity index (χ0n) is 12.2. The van der Waals surface area contributed by atoms with Crippen molar-refractivity contribution in [1.82, 2.24) is 9.62 Å². The van der Waals surface area contributed by atoms with E-state index in [2.05, 4.69) is 12.2 Å². The first kappa shape index (κ1) is 16.1. The number of nitrogens with zero attached hydrogens (tertiary/aromatic N) is 1. The molecular weight excluding hydrogens is 260 g/mol. The Hall–Kier alpha value is -0.910. The second-order valence-electron chi connectivity index (χ2n) is 4.86. The van der Waals surface area contributed by atoms with E-state index in [9.17, 15) is 8.42 Å². The predicted molar refractivity (Wildman–Crippen MR) is 78.8 cm³/mol. The normalized spacial score (nSPS) is 12.3. The molecule has 1 aromatic rings. The molecule has 4 nitrogen and oxygen atoms in total. The van der Waals surface area contributed by atoms with Gasteiger partial charge in [0.25, 0.3) is 0 Å². The van der Waals surface area contributed by atoms with Gasteiger partial charge in [-0.25, -0.2) is 8.42 Å². The highest BCUT2D eigenvalue weighted by molar-refractivity contribution is 7.89. The maximum absolute atomic E-state index is 12.3. The molecule has 0 amide bonds. The number of hydrogen-bond acceptors (Lipinski definition) is 3. The summed E-state index contributed by atoms with van der Waals surface area (Å²) in [6.07, 6.45) is 0.911. The molecule has 0 aliphatic rings. The molecule has 0 saturated heterocycles. The van der Waals surface area contributed by atoms with Crippen LogP contribution in [0.4, 0.5) is 0 Å². The maximum Gasteiger partial charge on any atom is 0.243 e. The van der Waals surface area contributed by atoms with Gasteiger partial charge in [-0.05, 0) is 51.1 Å². The third-order valence-corrected chi connectivity index (χ3v) is 5.22. The van der Waals surface area contributed by atoms with Gasteiger partial charge < -0.3 is 5.32 Å². The van der Waals surface area contributed by atoms with Gasteiger partial charge in [-0.15, -0.1) is 0 Å². The van der Waals surface area contributed by atoms with Crippen LogP contribution in [0, 0.1) is 0 Å². The maximum atomic E-state index is 12.3. The summed E-state index contributed by atoms with van der Waals surface area (Å²) in [6.45, 7) is 7.65. The second kappa shape index (κ2) is 7.03. The minimum absolute atomic E-state index is 0.0431. The van der Waals surface area contributed by atoms with E-state index in [-0.39, 0.29) is 6.04 Å². The van der Waals surface area contributed by atoms with Crippen molar-refractivity contribution in [3.05, 3.63) is 29.8 Å². The molecule has 0 aliphatic heterocycles. The van der Waals surface area contributed by atoms with Crippen molar-refractivity contribution in [2.45, 2.75) is 38.1 Å². The smallest absolute Gasteiger partial charge is 0.243 e. The summed E-state index contributed by atoms with van der Waals surface area (Å²) >= 11 is 0. The Labute approximate surface area is 116 Å². The average molecular weight is 284 g/mol. The molecule has 0 aromatic heterocycles. The third-order valence-electron chi connectivity index (χ3n) is 3.17. The zero-order valence-corrected chi connectivity index (χ0v) is 13.0. The molecule has 1 N–H and O–H groups in total. The predicted octanol–water partition coefficient (Wildman–Crippen LogP) is 1.87. The lowest BCUT2D eigenvalue weighted by Gasteiger charge is -2.21. The highest BCUT2D eigenvalue weighted by Gasteiger charge is 2.22. The van der Waals surface area contributed by atoms with Gasteiger partial charge in [0, 0.05) is 13.1 Å². The summed E-state index contributed by atoms with van der Waals surface area (Å²) in [4.78, 5) is 0.357. The van der Waals surface area contributed by atoms with Crippen molar-refractivity contribution in [1.29, 1.82) is 0 Å². The van der Waals surface area contributed by atoms with Crippen LogP contribution in [0.2, 0.25) is 0 Å². The van der Waals surface area contributed by atoms with Gasteiger partial charge in [0.15, 0.2) is 0 Å². The molecule has 1 rings (SSSR count). The van der Waals surface area contributed by atoms with E-state index in [0.717, 1.165) is 25.1 Å².